The molecule has 0 fully saturated rings. The zero-order valence-electron chi connectivity index (χ0n) is 25.8. The lowest BCUT2D eigenvalue weighted by Gasteiger charge is -2.12. The molecule has 5 heteroatoms. The number of rotatable bonds is 6. The molecule has 0 aliphatic carbocycles. The Kier molecular flexibility index (Phi) is 7.50. The van der Waals surface area contributed by atoms with E-state index in [1.54, 1.807) is 0 Å². The van der Waals surface area contributed by atoms with Gasteiger partial charge in [0.2, 0.25) is 0 Å². The Morgan fingerprint density at radius 3 is 1.46 bits per heavy atom. The molecule has 48 heavy (non-hydrogen) atoms. The van der Waals surface area contributed by atoms with Crippen LogP contribution in [0, 0.1) is 11.3 Å². The van der Waals surface area contributed by atoms with Crippen molar-refractivity contribution in [2.75, 3.05) is 0 Å². The molecule has 0 bridgehead atoms. The van der Waals surface area contributed by atoms with E-state index in [9.17, 15) is 5.26 Å². The minimum absolute atomic E-state index is 0.606. The Labute approximate surface area is 278 Å². The van der Waals surface area contributed by atoms with Gasteiger partial charge < -0.3 is 0 Å². The number of nitriles is 1. The number of benzene rings is 6. The lowest BCUT2D eigenvalue weighted by atomic mass is 9.97. The van der Waals surface area contributed by atoms with Crippen molar-refractivity contribution in [3.63, 3.8) is 0 Å². The molecule has 224 valence electrons. The van der Waals surface area contributed by atoms with E-state index in [0.29, 0.717) is 11.4 Å². The third-order valence-electron chi connectivity index (χ3n) is 8.34. The SMILES string of the molecule is N#Cc1ccc(-c2nc3ccccc3nc2-c2cccc(-c3ccc(-c4cc(-c5ccccc5)nc(-c5ccccc5)n4)cc3)c2)cc1. The fraction of sp³-hybridized carbons (Fsp3) is 0. The van der Waals surface area contributed by atoms with Gasteiger partial charge in [0.25, 0.3) is 0 Å². The lowest BCUT2D eigenvalue weighted by molar-refractivity contribution is 1.18. The molecule has 0 N–H and O–H groups in total. The Balaban J connectivity index is 1.18. The lowest BCUT2D eigenvalue weighted by Crippen LogP contribution is -1.96. The number of hydrogen-bond donors (Lipinski definition) is 0. The third kappa shape index (κ3) is 5.71. The molecule has 0 aliphatic rings. The number of para-hydroxylation sites is 2. The van der Waals surface area contributed by atoms with Crippen LogP contribution in [0.15, 0.2) is 164 Å². The van der Waals surface area contributed by atoms with Crippen molar-refractivity contribution < 1.29 is 0 Å². The van der Waals surface area contributed by atoms with E-state index in [2.05, 4.69) is 72.8 Å². The van der Waals surface area contributed by atoms with E-state index in [1.165, 1.54) is 0 Å². The Bertz CT molecular complexity index is 2370. The first-order valence-corrected chi connectivity index (χ1v) is 15.7. The van der Waals surface area contributed by atoms with Crippen molar-refractivity contribution in [3.8, 4) is 73.6 Å². The molecule has 0 radical (unpaired) electrons. The van der Waals surface area contributed by atoms with Gasteiger partial charge in [-0.05, 0) is 47.5 Å². The van der Waals surface area contributed by atoms with E-state index >= 15 is 0 Å². The molecular weight excluding hydrogens is 587 g/mol. The predicted octanol–water partition coefficient (Wildman–Crippen LogP) is 10.3. The van der Waals surface area contributed by atoms with Crippen LogP contribution in [0.4, 0.5) is 0 Å². The maximum Gasteiger partial charge on any atom is 0.160 e. The van der Waals surface area contributed by atoms with Crippen molar-refractivity contribution in [2.24, 2.45) is 0 Å². The topological polar surface area (TPSA) is 75.3 Å². The molecule has 6 aromatic carbocycles. The van der Waals surface area contributed by atoms with Gasteiger partial charge in [-0.15, -0.1) is 0 Å². The third-order valence-corrected chi connectivity index (χ3v) is 8.34. The zero-order chi connectivity index (χ0) is 32.3. The summed E-state index contributed by atoms with van der Waals surface area (Å²) < 4.78 is 0. The standard InChI is InChI=1S/C43H27N5/c44-28-29-18-20-33(21-19-29)41-42(46-38-17-8-7-16-37(38)45-41)36-15-9-14-35(26-36)30-22-24-32(25-23-30)40-27-39(31-10-3-1-4-11-31)47-43(48-40)34-12-5-2-6-13-34/h1-27H. The molecule has 8 aromatic rings. The molecule has 0 atom stereocenters. The highest BCUT2D eigenvalue weighted by atomic mass is 14.9. The second-order valence-corrected chi connectivity index (χ2v) is 11.5. The van der Waals surface area contributed by atoms with Crippen molar-refractivity contribution in [1.29, 1.82) is 5.26 Å². The molecule has 0 saturated heterocycles. The van der Waals surface area contributed by atoms with Crippen LogP contribution in [0.25, 0.3) is 78.6 Å². The number of aromatic nitrogens is 4. The summed E-state index contributed by atoms with van der Waals surface area (Å²) in [5, 5.41) is 9.33. The van der Waals surface area contributed by atoms with Crippen molar-refractivity contribution >= 4 is 11.0 Å². The molecule has 0 unspecified atom stereocenters. The van der Waals surface area contributed by atoms with E-state index < -0.39 is 0 Å². The monoisotopic (exact) mass is 613 g/mol. The summed E-state index contributed by atoms with van der Waals surface area (Å²) >= 11 is 0. The van der Waals surface area contributed by atoms with Crippen LogP contribution in [0.2, 0.25) is 0 Å². The van der Waals surface area contributed by atoms with E-state index in [0.717, 1.165) is 72.8 Å². The first-order valence-electron chi connectivity index (χ1n) is 15.7. The number of nitrogens with zero attached hydrogens (tertiary/aromatic N) is 5. The Hall–Kier alpha value is -6.77. The van der Waals surface area contributed by atoms with Gasteiger partial charge in [-0.25, -0.2) is 19.9 Å². The smallest absolute Gasteiger partial charge is 0.160 e. The number of fused-ring (bicyclic) bond motifs is 1. The molecule has 5 nitrogen and oxygen atoms in total. The summed E-state index contributed by atoms with van der Waals surface area (Å²) in [5.41, 5.74) is 12.6. The van der Waals surface area contributed by atoms with Crippen LogP contribution >= 0.6 is 0 Å². The van der Waals surface area contributed by atoms with Crippen LogP contribution in [0.3, 0.4) is 0 Å². The quantitative estimate of drug-likeness (QED) is 0.187. The minimum atomic E-state index is 0.606. The van der Waals surface area contributed by atoms with Gasteiger partial charge in [0.05, 0.1) is 45.4 Å². The fourth-order valence-electron chi connectivity index (χ4n) is 5.85. The molecule has 0 aliphatic heterocycles. The van der Waals surface area contributed by atoms with Crippen molar-refractivity contribution in [2.45, 2.75) is 0 Å². The minimum Gasteiger partial charge on any atom is -0.244 e. The van der Waals surface area contributed by atoms with E-state index in [4.69, 9.17) is 19.9 Å². The number of hydrogen-bond acceptors (Lipinski definition) is 5. The maximum absolute atomic E-state index is 9.33. The summed E-state index contributed by atoms with van der Waals surface area (Å²) in [6.07, 6.45) is 0. The van der Waals surface area contributed by atoms with Gasteiger partial charge in [-0.3, -0.25) is 0 Å². The van der Waals surface area contributed by atoms with Gasteiger partial charge in [0.1, 0.15) is 0 Å². The molecular formula is C43H27N5. The van der Waals surface area contributed by atoms with Crippen LogP contribution in [-0.4, -0.2) is 19.9 Å². The predicted molar refractivity (Wildman–Crippen MR) is 192 cm³/mol. The largest absolute Gasteiger partial charge is 0.244 e. The summed E-state index contributed by atoms with van der Waals surface area (Å²) in [6.45, 7) is 0. The maximum atomic E-state index is 9.33. The van der Waals surface area contributed by atoms with Gasteiger partial charge >= 0.3 is 0 Å². The molecule has 0 spiro atoms. The molecule has 0 amide bonds. The highest BCUT2D eigenvalue weighted by Crippen LogP contribution is 2.34. The van der Waals surface area contributed by atoms with Crippen LogP contribution in [0.5, 0.6) is 0 Å². The molecule has 2 heterocycles. The van der Waals surface area contributed by atoms with Gasteiger partial charge in [-0.1, -0.05) is 127 Å². The van der Waals surface area contributed by atoms with Crippen LogP contribution < -0.4 is 0 Å². The summed E-state index contributed by atoms with van der Waals surface area (Å²) in [6, 6.07) is 56.9. The highest BCUT2D eigenvalue weighted by molar-refractivity contribution is 5.87. The van der Waals surface area contributed by atoms with Crippen molar-refractivity contribution in [3.05, 3.63) is 169 Å². The Morgan fingerprint density at radius 2 is 0.833 bits per heavy atom. The average Bonchev–Trinajstić information content (AvgIpc) is 3.18. The molecule has 2 aromatic heterocycles. The van der Waals surface area contributed by atoms with E-state index in [-0.39, 0.29) is 0 Å². The van der Waals surface area contributed by atoms with Crippen molar-refractivity contribution in [1.82, 2.24) is 19.9 Å². The molecule has 0 saturated carbocycles. The van der Waals surface area contributed by atoms with Crippen LogP contribution in [0.1, 0.15) is 5.56 Å². The van der Waals surface area contributed by atoms with Gasteiger partial charge in [0, 0.05) is 27.8 Å². The highest BCUT2D eigenvalue weighted by Gasteiger charge is 2.15. The van der Waals surface area contributed by atoms with Crippen LogP contribution in [-0.2, 0) is 0 Å². The van der Waals surface area contributed by atoms with Gasteiger partial charge in [0.15, 0.2) is 5.82 Å². The normalized spacial score (nSPS) is 10.9. The summed E-state index contributed by atoms with van der Waals surface area (Å²) in [4.78, 5) is 20.0. The fourth-order valence-corrected chi connectivity index (χ4v) is 5.85. The summed E-state index contributed by atoms with van der Waals surface area (Å²) in [7, 11) is 0. The van der Waals surface area contributed by atoms with E-state index in [1.807, 2.05) is 97.1 Å². The average molecular weight is 614 g/mol. The Morgan fingerprint density at radius 1 is 0.354 bits per heavy atom. The second kappa shape index (κ2) is 12.6. The van der Waals surface area contributed by atoms with Gasteiger partial charge in [-0.2, -0.15) is 5.26 Å². The second-order valence-electron chi connectivity index (χ2n) is 11.5. The first-order chi connectivity index (χ1) is 23.7. The molecule has 8 rings (SSSR count). The zero-order valence-corrected chi connectivity index (χ0v) is 25.8. The summed E-state index contributed by atoms with van der Waals surface area (Å²) in [5.74, 6) is 0.693. The first kappa shape index (κ1) is 28.7.